The summed E-state index contributed by atoms with van der Waals surface area (Å²) >= 11 is 0. The van der Waals surface area contributed by atoms with Crippen LogP contribution in [0.3, 0.4) is 0 Å². The van der Waals surface area contributed by atoms with Gasteiger partial charge >= 0.3 is 0 Å². The first kappa shape index (κ1) is 30.8. The Morgan fingerprint density at radius 2 is 1.32 bits per heavy atom. The lowest BCUT2D eigenvalue weighted by molar-refractivity contribution is -0.118. The number of aliphatic hydroxyl groups is 1. The number of allylic oxidation sites excluding steroid dienone is 1. The lowest BCUT2D eigenvalue weighted by Gasteiger charge is -2.37. The monoisotopic (exact) mass is 476 g/mol. The Morgan fingerprint density at radius 3 is 1.76 bits per heavy atom. The maximum atomic E-state index is 11.2. The van der Waals surface area contributed by atoms with Gasteiger partial charge in [-0.15, -0.1) is 0 Å². The summed E-state index contributed by atoms with van der Waals surface area (Å²) in [6.45, 7) is 20.9. The summed E-state index contributed by atoms with van der Waals surface area (Å²) in [4.78, 5) is 22.3. The van der Waals surface area contributed by atoms with Crippen molar-refractivity contribution in [2.45, 2.75) is 112 Å². The van der Waals surface area contributed by atoms with E-state index in [-0.39, 0.29) is 41.0 Å². The Bertz CT molecular complexity index is 643. The highest BCUT2D eigenvalue weighted by Crippen LogP contribution is 2.45. The number of ether oxygens (including phenoxy) is 1. The summed E-state index contributed by atoms with van der Waals surface area (Å²) in [5.41, 5.74) is 2.82. The van der Waals surface area contributed by atoms with Gasteiger partial charge in [-0.3, -0.25) is 0 Å². The molecule has 2 fully saturated rings. The Hall–Kier alpha value is -1.26. The molecule has 0 spiro atoms. The molecule has 0 bridgehead atoms. The fraction of sp³-hybridized carbons (Fsp3) is 0.800. The Balaban J connectivity index is 0.000000340. The minimum absolute atomic E-state index is 0.148. The highest BCUT2D eigenvalue weighted by Gasteiger charge is 2.39. The van der Waals surface area contributed by atoms with Gasteiger partial charge in [-0.05, 0) is 87.9 Å². The van der Waals surface area contributed by atoms with E-state index < -0.39 is 0 Å². The molecule has 1 N–H and O–H groups in total. The van der Waals surface area contributed by atoms with Crippen LogP contribution in [0, 0.1) is 28.6 Å². The molecule has 0 amide bonds. The molecule has 196 valence electrons. The molecule has 0 radical (unpaired) electrons. The summed E-state index contributed by atoms with van der Waals surface area (Å²) in [6, 6.07) is 0. The third-order valence-electron chi connectivity index (χ3n) is 8.38. The Labute approximate surface area is 209 Å². The lowest BCUT2D eigenvalue weighted by Crippen LogP contribution is -2.37. The van der Waals surface area contributed by atoms with Crippen molar-refractivity contribution >= 4 is 11.6 Å². The van der Waals surface area contributed by atoms with Crippen LogP contribution >= 0.6 is 0 Å². The van der Waals surface area contributed by atoms with Gasteiger partial charge in [0.15, 0.2) is 0 Å². The normalized spacial score (nSPS) is 28.8. The fourth-order valence-corrected chi connectivity index (χ4v) is 6.16. The highest BCUT2D eigenvalue weighted by molar-refractivity contribution is 5.75. The minimum atomic E-state index is 0.148. The van der Waals surface area contributed by atoms with E-state index in [2.05, 4.69) is 40.9 Å². The number of Topliss-reactive ketones (excluding diaryl/α,β-unsaturated/α-hetero) is 2. The van der Waals surface area contributed by atoms with Crippen LogP contribution in [0.25, 0.3) is 0 Å². The van der Waals surface area contributed by atoms with Crippen molar-refractivity contribution in [2.75, 3.05) is 13.7 Å². The zero-order valence-corrected chi connectivity index (χ0v) is 23.2. The summed E-state index contributed by atoms with van der Waals surface area (Å²) in [5, 5.41) is 9.68. The zero-order valence-electron chi connectivity index (χ0n) is 23.2. The van der Waals surface area contributed by atoms with E-state index >= 15 is 0 Å². The molecule has 0 aliphatic heterocycles. The molecule has 0 aromatic carbocycles. The molecule has 4 heteroatoms. The topological polar surface area (TPSA) is 63.6 Å². The van der Waals surface area contributed by atoms with E-state index in [1.807, 2.05) is 0 Å². The van der Waals surface area contributed by atoms with E-state index in [0.29, 0.717) is 24.7 Å². The van der Waals surface area contributed by atoms with E-state index in [1.54, 1.807) is 21.0 Å². The van der Waals surface area contributed by atoms with Gasteiger partial charge in [0.2, 0.25) is 0 Å². The summed E-state index contributed by atoms with van der Waals surface area (Å²) in [6.07, 6.45) is 9.93. The van der Waals surface area contributed by atoms with Gasteiger partial charge in [0.1, 0.15) is 11.6 Å². The van der Waals surface area contributed by atoms with Crippen LogP contribution in [-0.2, 0) is 14.3 Å². The van der Waals surface area contributed by atoms with E-state index in [4.69, 9.17) is 4.74 Å². The number of aliphatic hydroxyl groups excluding tert-OH is 1. The van der Waals surface area contributed by atoms with Gasteiger partial charge in [0.05, 0.1) is 6.10 Å². The summed E-state index contributed by atoms with van der Waals surface area (Å²) < 4.78 is 5.73. The smallest absolute Gasteiger partial charge is 0.129 e. The Morgan fingerprint density at radius 1 is 0.882 bits per heavy atom. The summed E-state index contributed by atoms with van der Waals surface area (Å²) in [5.74, 6) is 1.38. The van der Waals surface area contributed by atoms with Gasteiger partial charge in [-0.1, -0.05) is 52.0 Å². The zero-order chi connectivity index (χ0) is 26.1. The molecular formula is C30H52O4. The molecule has 0 aromatic heterocycles. The molecule has 0 unspecified atom stereocenters. The van der Waals surface area contributed by atoms with Crippen molar-refractivity contribution in [1.82, 2.24) is 0 Å². The molecule has 4 nitrogen and oxygen atoms in total. The third-order valence-corrected chi connectivity index (χ3v) is 8.38. The predicted molar refractivity (Wildman–Crippen MR) is 142 cm³/mol. The van der Waals surface area contributed by atoms with Gasteiger partial charge in [-0.2, -0.15) is 0 Å². The second-order valence-electron chi connectivity index (χ2n) is 12.1. The standard InChI is InChI=1S/2C15H26O2/c1-11-7-6-10-15(3,4)14(17-5)13(11)9-8-12(2)16;1-11-6-5-9-15(3,4)14(10-16)13(11)8-7-12(2)17/h13-14H,1,6-10H2,2-5H3;13-14,16H,1,5-10H2,2-4H3/t2*13-,14-/m00/s1. The van der Waals surface area contributed by atoms with Crippen molar-refractivity contribution in [3.63, 3.8) is 0 Å². The minimum Gasteiger partial charge on any atom is -0.396 e. The quantitative estimate of drug-likeness (QED) is 0.300. The molecule has 2 aliphatic rings. The van der Waals surface area contributed by atoms with Crippen LogP contribution in [0.4, 0.5) is 0 Å². The molecule has 2 rings (SSSR count). The van der Waals surface area contributed by atoms with E-state index in [1.165, 1.54) is 24.0 Å². The van der Waals surface area contributed by atoms with Crippen LogP contribution in [-0.4, -0.2) is 36.5 Å². The van der Waals surface area contributed by atoms with Crippen LogP contribution in [0.2, 0.25) is 0 Å². The van der Waals surface area contributed by atoms with Gasteiger partial charge in [0.25, 0.3) is 0 Å². The first-order valence-corrected chi connectivity index (χ1v) is 13.2. The lowest BCUT2D eigenvalue weighted by atomic mass is 9.69. The van der Waals surface area contributed by atoms with Crippen LogP contribution < -0.4 is 0 Å². The SMILES string of the molecule is C=C1CCCC(C)(C)[C@@H](CO)[C@H]1CCC(C)=O.C=C1CCCC(C)(C)[C@@H](OC)[C@H]1CCC(C)=O. The van der Waals surface area contributed by atoms with Gasteiger partial charge < -0.3 is 19.4 Å². The van der Waals surface area contributed by atoms with Gasteiger partial charge in [0, 0.05) is 32.5 Å². The maximum Gasteiger partial charge on any atom is 0.129 e. The van der Waals surface area contributed by atoms with E-state index in [9.17, 15) is 14.7 Å². The number of rotatable bonds is 8. The fourth-order valence-electron chi connectivity index (χ4n) is 6.16. The number of carbonyl (C=O) groups excluding carboxylic acids is 2. The van der Waals surface area contributed by atoms with Crippen molar-refractivity contribution in [3.05, 3.63) is 24.3 Å². The van der Waals surface area contributed by atoms with Crippen LogP contribution in [0.5, 0.6) is 0 Å². The third kappa shape index (κ3) is 9.07. The largest absolute Gasteiger partial charge is 0.396 e. The number of hydrogen-bond donors (Lipinski definition) is 1. The molecule has 2 saturated carbocycles. The van der Waals surface area contributed by atoms with Crippen LogP contribution in [0.15, 0.2) is 24.3 Å². The average Bonchev–Trinajstić information content (AvgIpc) is 2.90. The molecule has 34 heavy (non-hydrogen) atoms. The van der Waals surface area contributed by atoms with Crippen molar-refractivity contribution < 1.29 is 19.4 Å². The molecule has 2 aliphatic carbocycles. The second kappa shape index (κ2) is 13.7. The first-order chi connectivity index (χ1) is 15.8. The van der Waals surface area contributed by atoms with Crippen molar-refractivity contribution in [2.24, 2.45) is 28.6 Å². The Kier molecular flexibility index (Phi) is 12.4. The van der Waals surface area contributed by atoms with Crippen molar-refractivity contribution in [3.8, 4) is 0 Å². The molecule has 0 heterocycles. The predicted octanol–water partition coefficient (Wildman–Crippen LogP) is 7.10. The number of methoxy groups -OCH3 is 1. The first-order valence-electron chi connectivity index (χ1n) is 13.2. The number of ketones is 2. The van der Waals surface area contributed by atoms with E-state index in [0.717, 1.165) is 38.5 Å². The number of carbonyl (C=O) groups is 2. The molecule has 0 saturated heterocycles. The summed E-state index contributed by atoms with van der Waals surface area (Å²) in [7, 11) is 1.78. The van der Waals surface area contributed by atoms with Crippen molar-refractivity contribution in [1.29, 1.82) is 0 Å². The second-order valence-corrected chi connectivity index (χ2v) is 12.1. The van der Waals surface area contributed by atoms with Crippen LogP contribution in [0.1, 0.15) is 106 Å². The van der Waals surface area contributed by atoms with Gasteiger partial charge in [-0.25, -0.2) is 0 Å². The maximum absolute atomic E-state index is 11.2. The number of hydrogen-bond acceptors (Lipinski definition) is 4. The average molecular weight is 477 g/mol. The molecule has 4 atom stereocenters. The molecule has 0 aromatic rings. The molecular weight excluding hydrogens is 424 g/mol. The highest BCUT2D eigenvalue weighted by atomic mass is 16.5.